The third-order valence-corrected chi connectivity index (χ3v) is 6.34. The second-order valence-corrected chi connectivity index (χ2v) is 8.97. The van der Waals surface area contributed by atoms with Gasteiger partial charge in [0.25, 0.3) is 10.0 Å². The lowest BCUT2D eigenvalue weighted by Crippen LogP contribution is -2.12. The molecule has 8 nitrogen and oxygen atoms in total. The number of aromatic nitrogens is 2. The number of carbonyl (C=O) groups excluding carboxylic acids is 1. The Morgan fingerprint density at radius 1 is 1.17 bits per heavy atom. The van der Waals surface area contributed by atoms with Crippen molar-refractivity contribution in [3.63, 3.8) is 0 Å². The number of allylic oxidation sites excluding steroid dienone is 1. The molecule has 2 aromatic heterocycles. The van der Waals surface area contributed by atoms with E-state index in [-0.39, 0.29) is 21.5 Å². The van der Waals surface area contributed by atoms with Crippen molar-refractivity contribution in [3.8, 4) is 0 Å². The number of sulfonamides is 1. The van der Waals surface area contributed by atoms with Gasteiger partial charge in [-0.2, -0.15) is 0 Å². The second kappa shape index (κ2) is 8.27. The van der Waals surface area contributed by atoms with Crippen LogP contribution in [0.25, 0.3) is 16.7 Å². The number of hydrogen-bond acceptors (Lipinski definition) is 8. The standard InChI is InChI=1S/C19H13ClN4O4S2/c20-13-1-6-17-16(9-13)23-18(28-17)12(11-25)10-22-14-2-4-15(5-3-14)30(26,27)24-19-21-7-8-29-19/h1-11,22H,(H,21,24)/b12-10+. The SMILES string of the molecule is O=C/C(=C\Nc1ccc(S(=O)(=O)Nc2nccs2)cc1)c1nc2cc(Cl)ccc2o1. The van der Waals surface area contributed by atoms with Crippen molar-refractivity contribution in [2.75, 3.05) is 10.0 Å². The lowest BCUT2D eigenvalue weighted by molar-refractivity contribution is -0.103. The van der Waals surface area contributed by atoms with Gasteiger partial charge < -0.3 is 9.73 Å². The average molecular weight is 461 g/mol. The van der Waals surface area contributed by atoms with Crippen molar-refractivity contribution in [3.05, 3.63) is 71.2 Å². The molecule has 0 aliphatic rings. The number of hydrogen-bond donors (Lipinski definition) is 2. The molecule has 0 bridgehead atoms. The molecular formula is C19H13ClN4O4S2. The van der Waals surface area contributed by atoms with Gasteiger partial charge in [0, 0.05) is 28.5 Å². The van der Waals surface area contributed by atoms with E-state index in [1.807, 2.05) is 0 Å². The maximum Gasteiger partial charge on any atom is 0.263 e. The molecule has 2 N–H and O–H groups in total. The molecule has 0 saturated carbocycles. The Morgan fingerprint density at radius 2 is 1.97 bits per heavy atom. The fourth-order valence-electron chi connectivity index (χ4n) is 2.51. The molecule has 2 aromatic carbocycles. The molecule has 4 rings (SSSR count). The number of thiazole rings is 1. The monoisotopic (exact) mass is 460 g/mol. The average Bonchev–Trinajstić information content (AvgIpc) is 3.38. The number of oxazole rings is 1. The Kier molecular flexibility index (Phi) is 5.53. The van der Waals surface area contributed by atoms with Crippen molar-refractivity contribution in [2.24, 2.45) is 0 Å². The van der Waals surface area contributed by atoms with Crippen LogP contribution < -0.4 is 10.0 Å². The van der Waals surface area contributed by atoms with Gasteiger partial charge in [-0.3, -0.25) is 9.52 Å². The van der Waals surface area contributed by atoms with Crippen molar-refractivity contribution in [1.82, 2.24) is 9.97 Å². The normalized spacial score (nSPS) is 12.1. The number of benzene rings is 2. The van der Waals surface area contributed by atoms with E-state index in [4.69, 9.17) is 16.0 Å². The minimum absolute atomic E-state index is 0.0821. The minimum atomic E-state index is -3.73. The smallest absolute Gasteiger partial charge is 0.263 e. The number of aldehydes is 1. The molecule has 30 heavy (non-hydrogen) atoms. The molecule has 0 atom stereocenters. The number of halogens is 1. The maximum absolute atomic E-state index is 12.4. The summed E-state index contributed by atoms with van der Waals surface area (Å²) in [6.07, 6.45) is 3.55. The van der Waals surface area contributed by atoms with Crippen LogP contribution >= 0.6 is 22.9 Å². The zero-order valence-electron chi connectivity index (χ0n) is 15.1. The summed E-state index contributed by atoms with van der Waals surface area (Å²) in [6, 6.07) is 11.0. The molecule has 4 aromatic rings. The minimum Gasteiger partial charge on any atom is -0.436 e. The van der Waals surface area contributed by atoms with Crippen LogP contribution in [0.15, 0.2) is 69.6 Å². The Hall–Kier alpha value is -3.21. The first-order chi connectivity index (χ1) is 14.4. The summed E-state index contributed by atoms with van der Waals surface area (Å²) in [5, 5.41) is 5.40. The molecular weight excluding hydrogens is 448 g/mol. The molecule has 0 saturated heterocycles. The first-order valence-corrected chi connectivity index (χ1v) is 11.2. The van der Waals surface area contributed by atoms with E-state index in [0.29, 0.717) is 28.1 Å². The van der Waals surface area contributed by atoms with Crippen molar-refractivity contribution in [2.45, 2.75) is 4.90 Å². The van der Waals surface area contributed by atoms with Crippen LogP contribution in [0, 0.1) is 0 Å². The van der Waals surface area contributed by atoms with E-state index < -0.39 is 10.0 Å². The summed E-state index contributed by atoms with van der Waals surface area (Å²) in [6.45, 7) is 0. The van der Waals surface area contributed by atoms with Gasteiger partial charge in [-0.1, -0.05) is 11.6 Å². The fourth-order valence-corrected chi connectivity index (χ4v) is 4.46. The van der Waals surface area contributed by atoms with Crippen molar-refractivity contribution < 1.29 is 17.6 Å². The summed E-state index contributed by atoms with van der Waals surface area (Å²) in [5.41, 5.74) is 1.79. The molecule has 2 heterocycles. The van der Waals surface area contributed by atoms with E-state index >= 15 is 0 Å². The first-order valence-electron chi connectivity index (χ1n) is 8.45. The van der Waals surface area contributed by atoms with Gasteiger partial charge in [0.15, 0.2) is 17.0 Å². The Bertz CT molecular complexity index is 1330. The number of anilines is 2. The largest absolute Gasteiger partial charge is 0.436 e. The lowest BCUT2D eigenvalue weighted by Gasteiger charge is -2.06. The summed E-state index contributed by atoms with van der Waals surface area (Å²) in [5.74, 6) is 0.140. The highest BCUT2D eigenvalue weighted by Gasteiger charge is 2.15. The zero-order valence-corrected chi connectivity index (χ0v) is 17.5. The Morgan fingerprint density at radius 3 is 2.67 bits per heavy atom. The molecule has 0 amide bonds. The molecule has 0 aliphatic heterocycles. The number of nitrogens with zero attached hydrogens (tertiary/aromatic N) is 2. The van der Waals surface area contributed by atoms with E-state index in [2.05, 4.69) is 20.0 Å². The topological polar surface area (TPSA) is 114 Å². The molecule has 0 spiro atoms. The van der Waals surface area contributed by atoms with Gasteiger partial charge >= 0.3 is 0 Å². The van der Waals surface area contributed by atoms with Gasteiger partial charge in [0.05, 0.1) is 10.5 Å². The van der Waals surface area contributed by atoms with E-state index in [0.717, 1.165) is 0 Å². The van der Waals surface area contributed by atoms with Crippen LogP contribution in [0.3, 0.4) is 0 Å². The predicted octanol–water partition coefficient (Wildman–Crippen LogP) is 4.39. The third-order valence-electron chi connectivity index (χ3n) is 3.94. The number of nitrogens with one attached hydrogen (secondary N) is 2. The van der Waals surface area contributed by atoms with Crippen LogP contribution in [0.5, 0.6) is 0 Å². The summed E-state index contributed by atoms with van der Waals surface area (Å²) in [7, 11) is -3.73. The predicted molar refractivity (Wildman–Crippen MR) is 116 cm³/mol. The molecule has 0 fully saturated rings. The summed E-state index contributed by atoms with van der Waals surface area (Å²) >= 11 is 7.12. The summed E-state index contributed by atoms with van der Waals surface area (Å²) in [4.78, 5) is 19.7. The lowest BCUT2D eigenvalue weighted by atomic mass is 10.3. The maximum atomic E-state index is 12.4. The highest BCUT2D eigenvalue weighted by atomic mass is 35.5. The van der Waals surface area contributed by atoms with E-state index in [1.54, 1.807) is 35.7 Å². The van der Waals surface area contributed by atoms with Gasteiger partial charge in [-0.05, 0) is 42.5 Å². The highest BCUT2D eigenvalue weighted by molar-refractivity contribution is 7.93. The molecule has 152 valence electrons. The highest BCUT2D eigenvalue weighted by Crippen LogP contribution is 2.24. The van der Waals surface area contributed by atoms with Crippen LogP contribution in [-0.2, 0) is 14.8 Å². The number of carbonyl (C=O) groups is 1. The molecule has 11 heteroatoms. The number of rotatable bonds is 7. The van der Waals surface area contributed by atoms with Crippen molar-refractivity contribution >= 4 is 66.7 Å². The third kappa shape index (κ3) is 4.35. The van der Waals surface area contributed by atoms with Gasteiger partial charge in [0.1, 0.15) is 5.52 Å². The van der Waals surface area contributed by atoms with Gasteiger partial charge in [0.2, 0.25) is 5.89 Å². The van der Waals surface area contributed by atoms with Crippen LogP contribution in [-0.4, -0.2) is 24.7 Å². The van der Waals surface area contributed by atoms with E-state index in [1.165, 1.54) is 35.9 Å². The fraction of sp³-hybridized carbons (Fsp3) is 0. The molecule has 0 aliphatic carbocycles. The van der Waals surface area contributed by atoms with E-state index in [9.17, 15) is 13.2 Å². The Balaban J connectivity index is 1.51. The molecule has 0 unspecified atom stereocenters. The van der Waals surface area contributed by atoms with Crippen molar-refractivity contribution in [1.29, 1.82) is 0 Å². The summed E-state index contributed by atoms with van der Waals surface area (Å²) < 4.78 is 32.7. The Labute approximate surface area is 180 Å². The number of fused-ring (bicyclic) bond motifs is 1. The quantitative estimate of drug-likeness (QED) is 0.310. The second-order valence-electron chi connectivity index (χ2n) is 5.96. The van der Waals surface area contributed by atoms with Gasteiger partial charge in [-0.25, -0.2) is 18.4 Å². The van der Waals surface area contributed by atoms with Crippen LogP contribution in [0.4, 0.5) is 10.8 Å². The first kappa shape index (κ1) is 20.1. The van der Waals surface area contributed by atoms with Crippen LogP contribution in [0.1, 0.15) is 5.89 Å². The van der Waals surface area contributed by atoms with Crippen LogP contribution in [0.2, 0.25) is 5.02 Å². The van der Waals surface area contributed by atoms with Gasteiger partial charge in [-0.15, -0.1) is 11.3 Å². The zero-order chi connectivity index (χ0) is 21.1. The molecule has 0 radical (unpaired) electrons.